The fourth-order valence-electron chi connectivity index (χ4n) is 1.67. The molecule has 18 heavy (non-hydrogen) atoms. The molecule has 0 aliphatic heterocycles. The van der Waals surface area contributed by atoms with Crippen LogP contribution in [0.1, 0.15) is 15.9 Å². The van der Waals surface area contributed by atoms with Crippen molar-refractivity contribution in [3.05, 3.63) is 63.1 Å². The van der Waals surface area contributed by atoms with Crippen molar-refractivity contribution in [3.63, 3.8) is 0 Å². The predicted molar refractivity (Wildman–Crippen MR) is 78.0 cm³/mol. The third-order valence-corrected chi connectivity index (χ3v) is 3.69. The van der Waals surface area contributed by atoms with Gasteiger partial charge in [0.2, 0.25) is 0 Å². The van der Waals surface area contributed by atoms with E-state index >= 15 is 0 Å². The van der Waals surface area contributed by atoms with Crippen LogP contribution in [0.25, 0.3) is 0 Å². The fraction of sp³-hybridized carbons (Fsp3) is 0.0714. The Labute approximate surface area is 119 Å². The minimum Gasteiger partial charge on any atom is -0.399 e. The SMILES string of the molecule is Nc1ccc(C(=O)Cc2ccccc2Br)c(Cl)c1. The number of anilines is 1. The van der Waals surface area contributed by atoms with Crippen molar-refractivity contribution >= 4 is 39.0 Å². The Bertz CT molecular complexity index is 598. The minimum absolute atomic E-state index is 0.0214. The molecule has 0 bridgehead atoms. The first-order valence-corrected chi connectivity index (χ1v) is 6.56. The molecule has 0 saturated carbocycles. The summed E-state index contributed by atoms with van der Waals surface area (Å²) in [5, 5.41) is 0.395. The number of Topliss-reactive ketones (excluding diaryl/α,β-unsaturated/α-hetero) is 1. The molecule has 0 unspecified atom stereocenters. The number of rotatable bonds is 3. The smallest absolute Gasteiger partial charge is 0.168 e. The molecular weight excluding hydrogens is 314 g/mol. The van der Waals surface area contributed by atoms with E-state index in [2.05, 4.69) is 15.9 Å². The highest BCUT2D eigenvalue weighted by atomic mass is 79.9. The summed E-state index contributed by atoms with van der Waals surface area (Å²) in [6.45, 7) is 0. The summed E-state index contributed by atoms with van der Waals surface area (Å²) in [4.78, 5) is 12.2. The zero-order valence-electron chi connectivity index (χ0n) is 9.49. The van der Waals surface area contributed by atoms with Gasteiger partial charge in [-0.15, -0.1) is 0 Å². The molecule has 4 heteroatoms. The van der Waals surface area contributed by atoms with Crippen molar-refractivity contribution in [1.82, 2.24) is 0 Å². The molecule has 2 aromatic rings. The number of hydrogen-bond acceptors (Lipinski definition) is 2. The number of nitrogens with two attached hydrogens (primary N) is 1. The number of benzene rings is 2. The molecular formula is C14H11BrClNO. The number of nitrogen functional groups attached to an aromatic ring is 1. The highest BCUT2D eigenvalue weighted by Crippen LogP contribution is 2.23. The number of ketones is 1. The van der Waals surface area contributed by atoms with E-state index in [1.54, 1.807) is 18.2 Å². The molecule has 0 heterocycles. The summed E-state index contributed by atoms with van der Waals surface area (Å²) in [6.07, 6.45) is 0.311. The Hall–Kier alpha value is -1.32. The lowest BCUT2D eigenvalue weighted by Crippen LogP contribution is -2.05. The lowest BCUT2D eigenvalue weighted by Gasteiger charge is -2.06. The number of halogens is 2. The summed E-state index contributed by atoms with van der Waals surface area (Å²) in [7, 11) is 0. The van der Waals surface area contributed by atoms with E-state index in [4.69, 9.17) is 17.3 Å². The van der Waals surface area contributed by atoms with Gasteiger partial charge in [-0.1, -0.05) is 45.7 Å². The molecule has 2 rings (SSSR count). The van der Waals surface area contributed by atoms with E-state index in [1.807, 2.05) is 24.3 Å². The first-order chi connectivity index (χ1) is 8.58. The Morgan fingerprint density at radius 3 is 2.61 bits per heavy atom. The maximum Gasteiger partial charge on any atom is 0.168 e. The average Bonchev–Trinajstić information content (AvgIpc) is 2.32. The van der Waals surface area contributed by atoms with E-state index in [0.29, 0.717) is 22.7 Å². The highest BCUT2D eigenvalue weighted by molar-refractivity contribution is 9.10. The molecule has 92 valence electrons. The van der Waals surface area contributed by atoms with Gasteiger partial charge in [0.1, 0.15) is 0 Å². The Morgan fingerprint density at radius 2 is 1.94 bits per heavy atom. The van der Waals surface area contributed by atoms with Gasteiger partial charge >= 0.3 is 0 Å². The van der Waals surface area contributed by atoms with Crippen LogP contribution in [0.5, 0.6) is 0 Å². The molecule has 2 nitrogen and oxygen atoms in total. The van der Waals surface area contributed by atoms with Crippen LogP contribution in [0, 0.1) is 0 Å². The zero-order chi connectivity index (χ0) is 13.1. The monoisotopic (exact) mass is 323 g/mol. The highest BCUT2D eigenvalue weighted by Gasteiger charge is 2.12. The van der Waals surface area contributed by atoms with E-state index in [0.717, 1.165) is 10.0 Å². The maximum atomic E-state index is 12.2. The van der Waals surface area contributed by atoms with Crippen LogP contribution in [0.15, 0.2) is 46.9 Å². The van der Waals surface area contributed by atoms with Crippen LogP contribution in [-0.2, 0) is 6.42 Å². The van der Waals surface area contributed by atoms with E-state index < -0.39 is 0 Å². The number of hydrogen-bond donors (Lipinski definition) is 1. The van der Waals surface area contributed by atoms with Crippen LogP contribution in [0.2, 0.25) is 5.02 Å². The van der Waals surface area contributed by atoms with Gasteiger partial charge < -0.3 is 5.73 Å². The van der Waals surface area contributed by atoms with Crippen molar-refractivity contribution in [2.45, 2.75) is 6.42 Å². The van der Waals surface area contributed by atoms with Crippen molar-refractivity contribution in [1.29, 1.82) is 0 Å². The molecule has 0 aliphatic rings. The summed E-state index contributed by atoms with van der Waals surface area (Å²) >= 11 is 9.44. The molecule has 0 aliphatic carbocycles. The fourth-order valence-corrected chi connectivity index (χ4v) is 2.39. The van der Waals surface area contributed by atoms with Crippen LogP contribution in [0.4, 0.5) is 5.69 Å². The summed E-state index contributed by atoms with van der Waals surface area (Å²) < 4.78 is 0.921. The van der Waals surface area contributed by atoms with E-state index in [9.17, 15) is 4.79 Å². The Balaban J connectivity index is 2.25. The van der Waals surface area contributed by atoms with Crippen LogP contribution < -0.4 is 5.73 Å². The normalized spacial score (nSPS) is 10.3. The van der Waals surface area contributed by atoms with E-state index in [1.165, 1.54) is 0 Å². The standard InChI is InChI=1S/C14H11BrClNO/c15-12-4-2-1-3-9(12)7-14(18)11-6-5-10(17)8-13(11)16/h1-6,8H,7,17H2. The third kappa shape index (κ3) is 2.92. The molecule has 2 N–H and O–H groups in total. The molecule has 0 aromatic heterocycles. The largest absolute Gasteiger partial charge is 0.399 e. The number of carbonyl (C=O) groups is 1. The quantitative estimate of drug-likeness (QED) is 0.682. The zero-order valence-corrected chi connectivity index (χ0v) is 11.8. The maximum absolute atomic E-state index is 12.2. The molecule has 0 amide bonds. The lowest BCUT2D eigenvalue weighted by molar-refractivity contribution is 0.0993. The predicted octanol–water partition coefficient (Wildman–Crippen LogP) is 4.11. The van der Waals surface area contributed by atoms with Gasteiger partial charge in [-0.3, -0.25) is 4.79 Å². The minimum atomic E-state index is -0.0214. The first-order valence-electron chi connectivity index (χ1n) is 5.39. The first kappa shape index (κ1) is 13.1. The summed E-state index contributed by atoms with van der Waals surface area (Å²) in [5.74, 6) is -0.0214. The number of carbonyl (C=O) groups excluding carboxylic acids is 1. The summed E-state index contributed by atoms with van der Waals surface area (Å²) in [6, 6.07) is 12.6. The Kier molecular flexibility index (Phi) is 4.04. The second-order valence-electron chi connectivity index (χ2n) is 3.93. The van der Waals surface area contributed by atoms with E-state index in [-0.39, 0.29) is 5.78 Å². The van der Waals surface area contributed by atoms with Crippen molar-refractivity contribution in [2.24, 2.45) is 0 Å². The van der Waals surface area contributed by atoms with Crippen LogP contribution >= 0.6 is 27.5 Å². The molecule has 0 spiro atoms. The molecule has 0 atom stereocenters. The van der Waals surface area contributed by atoms with Gasteiger partial charge in [0, 0.05) is 22.1 Å². The van der Waals surface area contributed by atoms with Gasteiger partial charge in [-0.05, 0) is 29.8 Å². The van der Waals surface area contributed by atoms with Crippen LogP contribution in [0.3, 0.4) is 0 Å². The Morgan fingerprint density at radius 1 is 1.22 bits per heavy atom. The van der Waals surface area contributed by atoms with Crippen molar-refractivity contribution in [3.8, 4) is 0 Å². The van der Waals surface area contributed by atoms with Crippen molar-refractivity contribution in [2.75, 3.05) is 5.73 Å². The van der Waals surface area contributed by atoms with Gasteiger partial charge in [0.25, 0.3) is 0 Å². The molecule has 0 fully saturated rings. The second-order valence-corrected chi connectivity index (χ2v) is 5.19. The third-order valence-electron chi connectivity index (χ3n) is 2.60. The van der Waals surface area contributed by atoms with Gasteiger partial charge in [-0.2, -0.15) is 0 Å². The van der Waals surface area contributed by atoms with Gasteiger partial charge in [0.05, 0.1) is 5.02 Å². The second kappa shape index (κ2) is 5.55. The van der Waals surface area contributed by atoms with Gasteiger partial charge in [-0.25, -0.2) is 0 Å². The van der Waals surface area contributed by atoms with Gasteiger partial charge in [0.15, 0.2) is 5.78 Å². The van der Waals surface area contributed by atoms with Crippen molar-refractivity contribution < 1.29 is 4.79 Å². The molecule has 0 saturated heterocycles. The lowest BCUT2D eigenvalue weighted by atomic mass is 10.0. The molecule has 2 aromatic carbocycles. The summed E-state index contributed by atoms with van der Waals surface area (Å²) in [5.41, 5.74) is 7.60. The topological polar surface area (TPSA) is 43.1 Å². The average molecular weight is 325 g/mol. The van der Waals surface area contributed by atoms with Crippen LogP contribution in [-0.4, -0.2) is 5.78 Å². The molecule has 0 radical (unpaired) electrons.